The maximum atomic E-state index is 12.2. The summed E-state index contributed by atoms with van der Waals surface area (Å²) in [6.07, 6.45) is 4.86. The maximum Gasteiger partial charge on any atom is 0.421 e. The van der Waals surface area contributed by atoms with Crippen LogP contribution in [0.15, 0.2) is 0 Å². The van der Waals surface area contributed by atoms with Crippen LogP contribution in [0.25, 0.3) is 0 Å². The van der Waals surface area contributed by atoms with Gasteiger partial charge >= 0.3 is 6.09 Å². The first kappa shape index (κ1) is 16.3. The number of hydrogen-bond donors (Lipinski definition) is 1. The molecule has 1 N–H and O–H groups in total. The first-order valence-electron chi connectivity index (χ1n) is 6.90. The average Bonchev–Trinajstić information content (AvgIpc) is 2.24. The SMILES string of the molecule is CC(C)(C)N(C(=O)O)S(=O)(=O)CCC1CCCCC1. The van der Waals surface area contributed by atoms with Crippen LogP contribution < -0.4 is 0 Å². The van der Waals surface area contributed by atoms with Crippen molar-refractivity contribution in [2.45, 2.75) is 64.8 Å². The predicted molar refractivity (Wildman–Crippen MR) is 74.6 cm³/mol. The van der Waals surface area contributed by atoms with E-state index in [9.17, 15) is 13.2 Å². The molecule has 0 bridgehead atoms. The molecule has 0 spiro atoms. The summed E-state index contributed by atoms with van der Waals surface area (Å²) in [6, 6.07) is 0. The van der Waals surface area contributed by atoms with Gasteiger partial charge < -0.3 is 5.11 Å². The lowest BCUT2D eigenvalue weighted by Crippen LogP contribution is -2.49. The summed E-state index contributed by atoms with van der Waals surface area (Å²) in [5.74, 6) is 0.362. The normalized spacial score (nSPS) is 18.3. The molecule has 0 atom stereocenters. The Kier molecular flexibility index (Phi) is 5.24. The van der Waals surface area contributed by atoms with Crippen LogP contribution in [-0.2, 0) is 10.0 Å². The van der Waals surface area contributed by atoms with Crippen LogP contribution in [0.5, 0.6) is 0 Å². The van der Waals surface area contributed by atoms with Crippen LogP contribution in [0.2, 0.25) is 0 Å². The van der Waals surface area contributed by atoms with Crippen LogP contribution in [-0.4, -0.2) is 35.2 Å². The van der Waals surface area contributed by atoms with Gasteiger partial charge in [0.05, 0.1) is 11.3 Å². The number of carbonyl (C=O) groups is 1. The second-order valence-corrected chi connectivity index (χ2v) is 8.26. The average molecular weight is 291 g/mol. The molecule has 1 amide bonds. The molecule has 5 nitrogen and oxygen atoms in total. The summed E-state index contributed by atoms with van der Waals surface area (Å²) in [4.78, 5) is 11.2. The van der Waals surface area contributed by atoms with E-state index < -0.39 is 21.7 Å². The van der Waals surface area contributed by atoms with Gasteiger partial charge in [0.15, 0.2) is 0 Å². The van der Waals surface area contributed by atoms with Crippen LogP contribution in [0, 0.1) is 5.92 Å². The molecule has 1 saturated carbocycles. The Morgan fingerprint density at radius 3 is 2.16 bits per heavy atom. The van der Waals surface area contributed by atoms with E-state index in [1.807, 2.05) is 0 Å². The van der Waals surface area contributed by atoms with Crippen molar-refractivity contribution >= 4 is 16.1 Å². The minimum atomic E-state index is -3.74. The molecule has 1 aliphatic rings. The molecule has 0 aromatic heterocycles. The monoisotopic (exact) mass is 291 g/mol. The van der Waals surface area contributed by atoms with E-state index in [4.69, 9.17) is 5.11 Å². The molecule has 1 rings (SSSR count). The van der Waals surface area contributed by atoms with Gasteiger partial charge in [-0.1, -0.05) is 32.1 Å². The van der Waals surface area contributed by atoms with Gasteiger partial charge in [0.25, 0.3) is 0 Å². The molecule has 112 valence electrons. The van der Waals surface area contributed by atoms with Crippen LogP contribution in [0.3, 0.4) is 0 Å². The van der Waals surface area contributed by atoms with Crippen molar-refractivity contribution in [3.8, 4) is 0 Å². The van der Waals surface area contributed by atoms with E-state index in [1.165, 1.54) is 6.42 Å². The van der Waals surface area contributed by atoms with Gasteiger partial charge in [-0.25, -0.2) is 13.2 Å². The third-order valence-electron chi connectivity index (χ3n) is 3.57. The molecule has 0 aliphatic heterocycles. The van der Waals surface area contributed by atoms with Crippen LogP contribution >= 0.6 is 0 Å². The van der Waals surface area contributed by atoms with Gasteiger partial charge in [-0.2, -0.15) is 4.31 Å². The quantitative estimate of drug-likeness (QED) is 0.863. The molecule has 0 aromatic carbocycles. The van der Waals surface area contributed by atoms with Crippen LogP contribution in [0.1, 0.15) is 59.3 Å². The van der Waals surface area contributed by atoms with Crippen molar-refractivity contribution in [1.82, 2.24) is 4.31 Å². The highest BCUT2D eigenvalue weighted by Crippen LogP contribution is 2.28. The lowest BCUT2D eigenvalue weighted by atomic mass is 9.88. The Morgan fingerprint density at radius 2 is 1.74 bits per heavy atom. The van der Waals surface area contributed by atoms with Crippen molar-refractivity contribution in [1.29, 1.82) is 0 Å². The first-order valence-corrected chi connectivity index (χ1v) is 8.51. The minimum Gasteiger partial charge on any atom is -0.464 e. The van der Waals surface area contributed by atoms with E-state index >= 15 is 0 Å². The Balaban J connectivity index is 2.70. The Morgan fingerprint density at radius 1 is 1.21 bits per heavy atom. The summed E-state index contributed by atoms with van der Waals surface area (Å²) in [5, 5.41) is 9.13. The summed E-state index contributed by atoms with van der Waals surface area (Å²) in [6.45, 7) is 4.79. The van der Waals surface area contributed by atoms with Gasteiger partial charge in [0.2, 0.25) is 10.0 Å². The zero-order chi connectivity index (χ0) is 14.7. The third-order valence-corrected chi connectivity index (χ3v) is 5.58. The molecular weight excluding hydrogens is 266 g/mol. The predicted octanol–water partition coefficient (Wildman–Crippen LogP) is 3.07. The highest BCUT2D eigenvalue weighted by atomic mass is 32.2. The Hall–Kier alpha value is -0.780. The molecular formula is C13H25NO4S. The van der Waals surface area contributed by atoms with Crippen LogP contribution in [0.4, 0.5) is 4.79 Å². The molecule has 0 radical (unpaired) electrons. The van der Waals surface area contributed by atoms with E-state index in [-0.39, 0.29) is 5.75 Å². The standard InChI is InChI=1S/C13H25NO4S/c1-13(2,3)14(12(15)16)19(17,18)10-9-11-7-5-4-6-8-11/h11H,4-10H2,1-3H3,(H,15,16). The summed E-state index contributed by atoms with van der Waals surface area (Å²) in [5.41, 5.74) is -0.933. The van der Waals surface area contributed by atoms with Gasteiger partial charge in [0.1, 0.15) is 0 Å². The highest BCUT2D eigenvalue weighted by molar-refractivity contribution is 7.89. The first-order chi connectivity index (χ1) is 8.64. The number of hydrogen-bond acceptors (Lipinski definition) is 3. The van der Waals surface area contributed by atoms with Crippen molar-refractivity contribution in [2.24, 2.45) is 5.92 Å². The van der Waals surface area contributed by atoms with Crippen molar-refractivity contribution < 1.29 is 18.3 Å². The topological polar surface area (TPSA) is 74.7 Å². The molecule has 1 fully saturated rings. The highest BCUT2D eigenvalue weighted by Gasteiger charge is 2.37. The van der Waals surface area contributed by atoms with E-state index in [2.05, 4.69) is 0 Å². The fourth-order valence-electron chi connectivity index (χ4n) is 2.71. The fraction of sp³-hybridized carbons (Fsp3) is 0.923. The molecule has 6 heteroatoms. The second kappa shape index (κ2) is 6.11. The van der Waals surface area contributed by atoms with E-state index in [0.29, 0.717) is 16.6 Å². The Bertz CT molecular complexity index is 405. The zero-order valence-electron chi connectivity index (χ0n) is 12.1. The van der Waals surface area contributed by atoms with E-state index in [1.54, 1.807) is 20.8 Å². The number of amides is 1. The second-order valence-electron chi connectivity index (χ2n) is 6.33. The van der Waals surface area contributed by atoms with E-state index in [0.717, 1.165) is 25.7 Å². The fourth-order valence-corrected chi connectivity index (χ4v) is 4.59. The largest absolute Gasteiger partial charge is 0.464 e. The molecule has 0 aromatic rings. The lowest BCUT2D eigenvalue weighted by Gasteiger charge is -2.32. The molecule has 1 aliphatic carbocycles. The number of sulfonamides is 1. The number of rotatable bonds is 4. The van der Waals surface area contributed by atoms with Gasteiger partial charge in [-0.05, 0) is 33.1 Å². The minimum absolute atomic E-state index is 0.0682. The lowest BCUT2D eigenvalue weighted by molar-refractivity contribution is 0.146. The summed E-state index contributed by atoms with van der Waals surface area (Å²) in [7, 11) is -3.74. The smallest absolute Gasteiger partial charge is 0.421 e. The molecule has 0 heterocycles. The summed E-state index contributed by atoms with van der Waals surface area (Å²) >= 11 is 0. The van der Waals surface area contributed by atoms with Crippen molar-refractivity contribution in [3.63, 3.8) is 0 Å². The molecule has 0 saturated heterocycles. The van der Waals surface area contributed by atoms with Crippen molar-refractivity contribution in [3.05, 3.63) is 0 Å². The molecule has 0 unspecified atom stereocenters. The van der Waals surface area contributed by atoms with Gasteiger partial charge in [-0.15, -0.1) is 0 Å². The summed E-state index contributed by atoms with van der Waals surface area (Å²) < 4.78 is 25.0. The molecule has 19 heavy (non-hydrogen) atoms. The number of carboxylic acid groups (broad SMARTS) is 1. The third kappa shape index (κ3) is 4.67. The van der Waals surface area contributed by atoms with Gasteiger partial charge in [0, 0.05) is 0 Å². The van der Waals surface area contributed by atoms with Gasteiger partial charge in [-0.3, -0.25) is 0 Å². The Labute approximate surface area is 116 Å². The zero-order valence-corrected chi connectivity index (χ0v) is 12.9. The van der Waals surface area contributed by atoms with Crippen molar-refractivity contribution in [2.75, 3.05) is 5.75 Å². The number of nitrogens with zero attached hydrogens (tertiary/aromatic N) is 1. The maximum absolute atomic E-state index is 12.2.